The van der Waals surface area contributed by atoms with Crippen LogP contribution in [-0.2, 0) is 17.8 Å². The van der Waals surface area contributed by atoms with Crippen LogP contribution in [0.4, 0.5) is 0 Å². The Morgan fingerprint density at radius 2 is 1.81 bits per heavy atom. The van der Waals surface area contributed by atoms with Gasteiger partial charge in [0.25, 0.3) is 0 Å². The fourth-order valence-corrected chi connectivity index (χ4v) is 3.91. The van der Waals surface area contributed by atoms with Gasteiger partial charge in [-0.1, -0.05) is 49.2 Å². The lowest BCUT2D eigenvalue weighted by Crippen LogP contribution is -2.43. The number of aromatic nitrogens is 3. The van der Waals surface area contributed by atoms with E-state index in [9.17, 15) is 9.59 Å². The van der Waals surface area contributed by atoms with Gasteiger partial charge in [-0.25, -0.2) is 9.48 Å². The molecule has 1 amide bonds. The van der Waals surface area contributed by atoms with Crippen LogP contribution in [0, 0.1) is 0 Å². The molecule has 0 saturated heterocycles. The van der Waals surface area contributed by atoms with Gasteiger partial charge in [0.2, 0.25) is 5.91 Å². The first-order valence-electron chi connectivity index (χ1n) is 9.60. The van der Waals surface area contributed by atoms with Crippen LogP contribution in [0.25, 0.3) is 5.65 Å². The van der Waals surface area contributed by atoms with Gasteiger partial charge in [-0.2, -0.15) is 0 Å². The highest BCUT2D eigenvalue weighted by molar-refractivity contribution is 5.76. The maximum absolute atomic E-state index is 13.1. The minimum absolute atomic E-state index is 0.00813. The predicted molar refractivity (Wildman–Crippen MR) is 104 cm³/mol. The molecule has 0 bridgehead atoms. The Kier molecular flexibility index (Phi) is 5.05. The lowest BCUT2D eigenvalue weighted by Gasteiger charge is -2.29. The number of benzene rings is 1. The molecule has 0 aliphatic heterocycles. The minimum atomic E-state index is -0.270. The van der Waals surface area contributed by atoms with Crippen molar-refractivity contribution >= 4 is 11.6 Å². The van der Waals surface area contributed by atoms with E-state index in [1.54, 1.807) is 18.3 Å². The molecular formula is C21H24N4O2. The third-order valence-corrected chi connectivity index (χ3v) is 5.34. The molecule has 27 heavy (non-hydrogen) atoms. The molecule has 0 unspecified atom stereocenters. The van der Waals surface area contributed by atoms with Crippen molar-refractivity contribution in [1.29, 1.82) is 0 Å². The maximum Gasteiger partial charge on any atom is 0.350 e. The number of hydrogen-bond acceptors (Lipinski definition) is 3. The second kappa shape index (κ2) is 7.78. The van der Waals surface area contributed by atoms with Gasteiger partial charge in [0, 0.05) is 18.8 Å². The van der Waals surface area contributed by atoms with Crippen LogP contribution in [0.1, 0.15) is 31.2 Å². The Morgan fingerprint density at radius 3 is 2.56 bits per heavy atom. The van der Waals surface area contributed by atoms with Crippen LogP contribution in [0.2, 0.25) is 0 Å². The summed E-state index contributed by atoms with van der Waals surface area (Å²) in [5.41, 5.74) is 1.51. The molecule has 6 nitrogen and oxygen atoms in total. The Bertz CT molecular complexity index is 971. The molecule has 3 aromatic rings. The zero-order valence-corrected chi connectivity index (χ0v) is 15.3. The number of carbonyl (C=O) groups excluding carboxylic acids is 1. The van der Waals surface area contributed by atoms with Crippen LogP contribution < -0.4 is 5.69 Å². The van der Waals surface area contributed by atoms with Gasteiger partial charge < -0.3 is 4.90 Å². The van der Waals surface area contributed by atoms with Gasteiger partial charge in [0.1, 0.15) is 6.54 Å². The van der Waals surface area contributed by atoms with Crippen LogP contribution in [0.3, 0.4) is 0 Å². The van der Waals surface area contributed by atoms with E-state index in [0.29, 0.717) is 12.2 Å². The molecule has 140 valence electrons. The second-order valence-electron chi connectivity index (χ2n) is 7.13. The molecule has 0 radical (unpaired) electrons. The molecule has 1 aliphatic carbocycles. The fraction of sp³-hybridized carbons (Fsp3) is 0.381. The summed E-state index contributed by atoms with van der Waals surface area (Å²) in [5.74, 6) is -0.0247. The van der Waals surface area contributed by atoms with Crippen molar-refractivity contribution in [3.05, 3.63) is 70.8 Å². The third kappa shape index (κ3) is 3.79. The predicted octanol–water partition coefficient (Wildman–Crippen LogP) is 2.51. The summed E-state index contributed by atoms with van der Waals surface area (Å²) < 4.78 is 2.75. The van der Waals surface area contributed by atoms with Crippen molar-refractivity contribution in [2.24, 2.45) is 0 Å². The third-order valence-electron chi connectivity index (χ3n) is 5.34. The number of rotatable bonds is 6. The Hall–Kier alpha value is -2.89. The minimum Gasteiger partial charge on any atom is -0.338 e. The SMILES string of the molecule is O=C(Cn1nc2ccccn2c1=O)N(CCc1ccccc1)C1CCCC1. The van der Waals surface area contributed by atoms with Gasteiger partial charge in [0.15, 0.2) is 5.65 Å². The largest absolute Gasteiger partial charge is 0.350 e. The topological polar surface area (TPSA) is 59.6 Å². The van der Waals surface area contributed by atoms with Crippen LogP contribution in [0.15, 0.2) is 59.5 Å². The Morgan fingerprint density at radius 1 is 1.07 bits per heavy atom. The number of amides is 1. The highest BCUT2D eigenvalue weighted by Gasteiger charge is 2.27. The van der Waals surface area contributed by atoms with E-state index in [2.05, 4.69) is 17.2 Å². The molecule has 1 saturated carbocycles. The van der Waals surface area contributed by atoms with Crippen LogP contribution >= 0.6 is 0 Å². The summed E-state index contributed by atoms with van der Waals surface area (Å²) in [6, 6.07) is 15.9. The summed E-state index contributed by atoms with van der Waals surface area (Å²) in [5, 5.41) is 4.30. The molecule has 0 atom stereocenters. The zero-order valence-electron chi connectivity index (χ0n) is 15.3. The van der Waals surface area contributed by atoms with E-state index in [1.807, 2.05) is 29.2 Å². The van der Waals surface area contributed by atoms with Crippen molar-refractivity contribution in [2.75, 3.05) is 6.54 Å². The summed E-state index contributed by atoms with van der Waals surface area (Å²) in [6.07, 6.45) is 6.91. The van der Waals surface area contributed by atoms with Crippen molar-refractivity contribution in [3.63, 3.8) is 0 Å². The van der Waals surface area contributed by atoms with Crippen molar-refractivity contribution < 1.29 is 4.79 Å². The first-order valence-corrected chi connectivity index (χ1v) is 9.60. The standard InChI is InChI=1S/C21H24N4O2/c26-20(16-25-21(27)24-14-7-6-12-19(24)22-25)23(18-10-4-5-11-18)15-13-17-8-2-1-3-9-17/h1-3,6-9,12,14,18H,4-5,10-11,13,15-16H2. The van der Waals surface area contributed by atoms with Crippen LogP contribution in [0.5, 0.6) is 0 Å². The molecule has 2 heterocycles. The lowest BCUT2D eigenvalue weighted by molar-refractivity contribution is -0.134. The smallest absolute Gasteiger partial charge is 0.338 e. The quantitative estimate of drug-likeness (QED) is 0.675. The summed E-state index contributed by atoms with van der Waals surface area (Å²) in [6.45, 7) is 0.668. The normalized spacial score (nSPS) is 14.7. The van der Waals surface area contributed by atoms with E-state index in [4.69, 9.17) is 0 Å². The van der Waals surface area contributed by atoms with Gasteiger partial charge in [-0.05, 0) is 37.0 Å². The van der Waals surface area contributed by atoms with Crippen molar-refractivity contribution in [1.82, 2.24) is 19.1 Å². The Labute approximate surface area is 158 Å². The molecule has 4 rings (SSSR count). The molecule has 1 fully saturated rings. The highest BCUT2D eigenvalue weighted by atomic mass is 16.2. The number of carbonyl (C=O) groups is 1. The summed E-state index contributed by atoms with van der Waals surface area (Å²) in [7, 11) is 0. The first kappa shape index (κ1) is 17.5. The van der Waals surface area contributed by atoms with E-state index < -0.39 is 0 Å². The molecular weight excluding hydrogens is 340 g/mol. The van der Waals surface area contributed by atoms with E-state index in [-0.39, 0.29) is 24.2 Å². The molecule has 0 spiro atoms. The lowest BCUT2D eigenvalue weighted by atomic mass is 10.1. The van der Waals surface area contributed by atoms with Crippen molar-refractivity contribution in [3.8, 4) is 0 Å². The van der Waals surface area contributed by atoms with Crippen LogP contribution in [-0.4, -0.2) is 37.6 Å². The van der Waals surface area contributed by atoms with Crippen molar-refractivity contribution in [2.45, 2.75) is 44.7 Å². The van der Waals surface area contributed by atoms with E-state index in [0.717, 1.165) is 32.1 Å². The van der Waals surface area contributed by atoms with Gasteiger partial charge in [-0.15, -0.1) is 5.10 Å². The number of fused-ring (bicyclic) bond motifs is 1. The number of nitrogens with zero attached hydrogens (tertiary/aromatic N) is 4. The molecule has 1 aromatic carbocycles. The van der Waals surface area contributed by atoms with E-state index in [1.165, 1.54) is 14.6 Å². The van der Waals surface area contributed by atoms with Gasteiger partial charge in [0.05, 0.1) is 0 Å². The molecule has 6 heteroatoms. The molecule has 2 aromatic heterocycles. The highest BCUT2D eigenvalue weighted by Crippen LogP contribution is 2.24. The second-order valence-corrected chi connectivity index (χ2v) is 7.13. The fourth-order valence-electron chi connectivity index (χ4n) is 3.91. The summed E-state index contributed by atoms with van der Waals surface area (Å²) in [4.78, 5) is 27.5. The monoisotopic (exact) mass is 364 g/mol. The summed E-state index contributed by atoms with van der Waals surface area (Å²) >= 11 is 0. The zero-order chi connectivity index (χ0) is 18.6. The Balaban J connectivity index is 1.52. The molecule has 0 N–H and O–H groups in total. The average molecular weight is 364 g/mol. The van der Waals surface area contributed by atoms with Gasteiger partial charge >= 0.3 is 5.69 Å². The number of pyridine rings is 1. The maximum atomic E-state index is 13.1. The molecule has 1 aliphatic rings. The van der Waals surface area contributed by atoms with Gasteiger partial charge in [-0.3, -0.25) is 9.20 Å². The number of hydrogen-bond donors (Lipinski definition) is 0. The van der Waals surface area contributed by atoms with E-state index >= 15 is 0 Å². The first-order chi connectivity index (χ1) is 13.2. The average Bonchev–Trinajstić information content (AvgIpc) is 3.32.